The summed E-state index contributed by atoms with van der Waals surface area (Å²) in [6.45, 7) is 3.41. The van der Waals surface area contributed by atoms with Gasteiger partial charge in [-0.25, -0.2) is 9.78 Å². The van der Waals surface area contributed by atoms with Crippen molar-refractivity contribution < 1.29 is 9.53 Å². The van der Waals surface area contributed by atoms with E-state index in [4.69, 9.17) is 9.72 Å². The molecule has 0 N–H and O–H groups in total. The monoisotopic (exact) mass is 361 g/mol. The third kappa shape index (κ3) is 4.14. The number of piperidine rings is 1. The molecule has 3 aromatic rings. The van der Waals surface area contributed by atoms with Crippen molar-refractivity contribution in [2.24, 2.45) is 0 Å². The van der Waals surface area contributed by atoms with Crippen molar-refractivity contribution in [2.45, 2.75) is 19.3 Å². The molecule has 3 heterocycles. The highest BCUT2D eigenvalue weighted by atomic mass is 16.5. The largest absolute Gasteiger partial charge is 0.461 e. The van der Waals surface area contributed by atoms with Gasteiger partial charge in [0.1, 0.15) is 6.61 Å². The molecule has 0 aliphatic carbocycles. The van der Waals surface area contributed by atoms with Crippen LogP contribution in [0.5, 0.6) is 0 Å². The highest BCUT2D eigenvalue weighted by Gasteiger charge is 2.16. The van der Waals surface area contributed by atoms with Crippen molar-refractivity contribution in [2.75, 3.05) is 26.2 Å². The molecule has 1 fully saturated rings. The third-order valence-electron chi connectivity index (χ3n) is 5.00. The summed E-state index contributed by atoms with van der Waals surface area (Å²) in [6, 6.07) is 13.3. The number of benzene rings is 1. The fourth-order valence-electron chi connectivity index (χ4n) is 3.54. The number of esters is 1. The van der Waals surface area contributed by atoms with Crippen LogP contribution in [0, 0.1) is 0 Å². The number of carbonyl (C=O) groups excluding carboxylic acids is 1. The van der Waals surface area contributed by atoms with Crippen LogP contribution in [-0.4, -0.2) is 47.1 Å². The molecular weight excluding hydrogens is 338 g/mol. The minimum absolute atomic E-state index is 0.291. The molecule has 1 aromatic carbocycles. The van der Waals surface area contributed by atoms with Gasteiger partial charge in [-0.2, -0.15) is 0 Å². The molecular formula is C22H23N3O2. The van der Waals surface area contributed by atoms with Crippen LogP contribution in [0.2, 0.25) is 0 Å². The Bertz CT molecular complexity index is 921. The van der Waals surface area contributed by atoms with Gasteiger partial charge in [0, 0.05) is 29.9 Å². The summed E-state index contributed by atoms with van der Waals surface area (Å²) in [5.41, 5.74) is 3.03. The summed E-state index contributed by atoms with van der Waals surface area (Å²) < 4.78 is 5.61. The van der Waals surface area contributed by atoms with Crippen LogP contribution >= 0.6 is 0 Å². The highest BCUT2D eigenvalue weighted by molar-refractivity contribution is 6.04. The van der Waals surface area contributed by atoms with E-state index < -0.39 is 0 Å². The Morgan fingerprint density at radius 2 is 1.81 bits per heavy atom. The number of nitrogens with zero attached hydrogens (tertiary/aromatic N) is 3. The summed E-state index contributed by atoms with van der Waals surface area (Å²) in [7, 11) is 0. The molecule has 0 radical (unpaired) electrons. The zero-order valence-corrected chi connectivity index (χ0v) is 15.3. The van der Waals surface area contributed by atoms with Gasteiger partial charge in [0.05, 0.1) is 16.8 Å². The van der Waals surface area contributed by atoms with Crippen LogP contribution < -0.4 is 0 Å². The summed E-state index contributed by atoms with van der Waals surface area (Å²) >= 11 is 0. The first-order valence-corrected chi connectivity index (χ1v) is 9.51. The molecule has 0 bridgehead atoms. The van der Waals surface area contributed by atoms with E-state index in [1.165, 1.54) is 19.3 Å². The second-order valence-corrected chi connectivity index (χ2v) is 6.85. The van der Waals surface area contributed by atoms with Crippen LogP contribution in [0.15, 0.2) is 54.9 Å². The van der Waals surface area contributed by atoms with E-state index in [0.29, 0.717) is 12.2 Å². The van der Waals surface area contributed by atoms with Gasteiger partial charge in [0.2, 0.25) is 0 Å². The van der Waals surface area contributed by atoms with Crippen molar-refractivity contribution in [1.29, 1.82) is 0 Å². The third-order valence-corrected chi connectivity index (χ3v) is 5.00. The predicted octanol–water partition coefficient (Wildman–Crippen LogP) is 3.94. The van der Waals surface area contributed by atoms with Gasteiger partial charge in [-0.05, 0) is 50.2 Å². The maximum absolute atomic E-state index is 12.8. The molecule has 27 heavy (non-hydrogen) atoms. The molecule has 5 heteroatoms. The van der Waals surface area contributed by atoms with E-state index >= 15 is 0 Å². The first-order valence-electron chi connectivity index (χ1n) is 9.51. The first kappa shape index (κ1) is 17.6. The number of hydrogen-bond donors (Lipinski definition) is 0. The lowest BCUT2D eigenvalue weighted by molar-refractivity contribution is 0.0454. The molecule has 0 unspecified atom stereocenters. The standard InChI is InChI=1S/C22H23N3O2/c26-22(27-15-14-25-12-4-1-5-13-25)19-16-21(17-8-10-23-11-9-17)24-20-7-3-2-6-18(19)20/h2-3,6-11,16H,1,4-5,12-15H2. The molecule has 4 rings (SSSR count). The van der Waals surface area contributed by atoms with Crippen LogP contribution in [0.3, 0.4) is 0 Å². The Hall–Kier alpha value is -2.79. The Morgan fingerprint density at radius 3 is 2.63 bits per heavy atom. The van der Waals surface area contributed by atoms with Gasteiger partial charge in [-0.1, -0.05) is 24.6 Å². The van der Waals surface area contributed by atoms with E-state index in [1.54, 1.807) is 12.4 Å². The van der Waals surface area contributed by atoms with Crippen LogP contribution in [-0.2, 0) is 4.74 Å². The molecule has 2 aromatic heterocycles. The number of para-hydroxylation sites is 1. The maximum Gasteiger partial charge on any atom is 0.338 e. The van der Waals surface area contributed by atoms with Crippen LogP contribution in [0.4, 0.5) is 0 Å². The molecule has 0 amide bonds. The van der Waals surface area contributed by atoms with Crippen molar-refractivity contribution in [3.8, 4) is 11.3 Å². The second kappa shape index (κ2) is 8.27. The zero-order valence-electron chi connectivity index (χ0n) is 15.3. The predicted molar refractivity (Wildman–Crippen MR) is 106 cm³/mol. The van der Waals surface area contributed by atoms with E-state index in [2.05, 4.69) is 9.88 Å². The number of pyridine rings is 2. The summed E-state index contributed by atoms with van der Waals surface area (Å²) in [4.78, 5) is 23.9. The van der Waals surface area contributed by atoms with Gasteiger partial charge in [0.15, 0.2) is 0 Å². The van der Waals surface area contributed by atoms with Crippen molar-refractivity contribution in [3.63, 3.8) is 0 Å². The van der Waals surface area contributed by atoms with E-state index in [9.17, 15) is 4.79 Å². The number of ether oxygens (including phenoxy) is 1. The molecule has 1 aliphatic rings. The lowest BCUT2D eigenvalue weighted by Crippen LogP contribution is -2.33. The number of hydrogen-bond acceptors (Lipinski definition) is 5. The van der Waals surface area contributed by atoms with Gasteiger partial charge >= 0.3 is 5.97 Å². The molecule has 1 aliphatic heterocycles. The maximum atomic E-state index is 12.8. The molecule has 5 nitrogen and oxygen atoms in total. The summed E-state index contributed by atoms with van der Waals surface area (Å²) in [6.07, 6.45) is 7.22. The van der Waals surface area contributed by atoms with E-state index in [0.717, 1.165) is 41.8 Å². The highest BCUT2D eigenvalue weighted by Crippen LogP contribution is 2.25. The summed E-state index contributed by atoms with van der Waals surface area (Å²) in [5, 5.41) is 0.818. The molecule has 1 saturated heterocycles. The zero-order chi connectivity index (χ0) is 18.5. The van der Waals surface area contributed by atoms with Crippen LogP contribution in [0.1, 0.15) is 29.6 Å². The normalized spacial score (nSPS) is 15.0. The number of fused-ring (bicyclic) bond motifs is 1. The quantitative estimate of drug-likeness (QED) is 0.644. The van der Waals surface area contributed by atoms with E-state index in [1.807, 2.05) is 42.5 Å². The Morgan fingerprint density at radius 1 is 1.04 bits per heavy atom. The molecule has 0 atom stereocenters. The fourth-order valence-corrected chi connectivity index (χ4v) is 3.54. The minimum Gasteiger partial charge on any atom is -0.461 e. The van der Waals surface area contributed by atoms with Gasteiger partial charge in [-0.3, -0.25) is 9.88 Å². The molecule has 138 valence electrons. The topological polar surface area (TPSA) is 55.3 Å². The Labute approximate surface area is 159 Å². The molecule has 0 saturated carbocycles. The smallest absolute Gasteiger partial charge is 0.338 e. The number of rotatable bonds is 5. The molecule has 0 spiro atoms. The Balaban J connectivity index is 1.56. The van der Waals surface area contributed by atoms with Crippen LogP contribution in [0.25, 0.3) is 22.2 Å². The number of aromatic nitrogens is 2. The number of carbonyl (C=O) groups is 1. The van der Waals surface area contributed by atoms with E-state index in [-0.39, 0.29) is 5.97 Å². The lowest BCUT2D eigenvalue weighted by Gasteiger charge is -2.25. The fraction of sp³-hybridized carbons (Fsp3) is 0.318. The average molecular weight is 361 g/mol. The van der Waals surface area contributed by atoms with Crippen molar-refractivity contribution in [3.05, 3.63) is 60.4 Å². The summed E-state index contributed by atoms with van der Waals surface area (Å²) in [5.74, 6) is -0.291. The second-order valence-electron chi connectivity index (χ2n) is 6.85. The van der Waals surface area contributed by atoms with Crippen molar-refractivity contribution in [1.82, 2.24) is 14.9 Å². The van der Waals surface area contributed by atoms with Gasteiger partial charge < -0.3 is 4.74 Å². The number of likely N-dealkylation sites (tertiary alicyclic amines) is 1. The lowest BCUT2D eigenvalue weighted by atomic mass is 10.0. The average Bonchev–Trinajstić information content (AvgIpc) is 2.74. The van der Waals surface area contributed by atoms with Crippen molar-refractivity contribution >= 4 is 16.9 Å². The first-order chi connectivity index (χ1) is 13.3. The van der Waals surface area contributed by atoms with Gasteiger partial charge in [0.25, 0.3) is 0 Å². The SMILES string of the molecule is O=C(OCCN1CCCCC1)c1cc(-c2ccncc2)nc2ccccc12. The minimum atomic E-state index is -0.291. The van der Waals surface area contributed by atoms with Gasteiger partial charge in [-0.15, -0.1) is 0 Å². The Kier molecular flexibility index (Phi) is 5.39.